The number of rotatable bonds is 5. The van der Waals surface area contributed by atoms with E-state index in [1.54, 1.807) is 28.8 Å². The molecule has 2 heterocycles. The zero-order chi connectivity index (χ0) is 18.0. The predicted octanol–water partition coefficient (Wildman–Crippen LogP) is 2.40. The molecule has 0 bridgehead atoms. The average molecular weight is 350 g/mol. The van der Waals surface area contributed by atoms with Gasteiger partial charge in [0.1, 0.15) is 5.69 Å². The van der Waals surface area contributed by atoms with Gasteiger partial charge in [0.25, 0.3) is 0 Å². The molecule has 0 amide bonds. The van der Waals surface area contributed by atoms with Crippen LogP contribution in [0.4, 0.5) is 13.2 Å². The summed E-state index contributed by atoms with van der Waals surface area (Å²) >= 11 is 0. The lowest BCUT2D eigenvalue weighted by molar-refractivity contribution is -0.137. The molecule has 0 aliphatic rings. The van der Waals surface area contributed by atoms with Crippen molar-refractivity contribution in [2.75, 3.05) is 0 Å². The fourth-order valence-corrected chi connectivity index (χ4v) is 2.55. The third kappa shape index (κ3) is 3.71. The Labute approximate surface area is 142 Å². The highest BCUT2D eigenvalue weighted by Crippen LogP contribution is 2.29. The summed E-state index contributed by atoms with van der Waals surface area (Å²) in [6, 6.07) is 5.14. The van der Waals surface area contributed by atoms with Crippen LogP contribution < -0.4 is 5.73 Å². The van der Waals surface area contributed by atoms with Crippen LogP contribution in [-0.2, 0) is 32.7 Å². The molecule has 25 heavy (non-hydrogen) atoms. The van der Waals surface area contributed by atoms with Gasteiger partial charge >= 0.3 is 6.18 Å². The van der Waals surface area contributed by atoms with Gasteiger partial charge in [0.15, 0.2) is 0 Å². The minimum atomic E-state index is -4.32. The van der Waals surface area contributed by atoms with Gasteiger partial charge in [-0.15, -0.1) is 5.10 Å². The fourth-order valence-electron chi connectivity index (χ4n) is 2.55. The summed E-state index contributed by atoms with van der Waals surface area (Å²) in [5.41, 5.74) is 8.22. The van der Waals surface area contributed by atoms with Gasteiger partial charge in [0, 0.05) is 25.7 Å². The van der Waals surface area contributed by atoms with E-state index in [1.165, 1.54) is 12.1 Å². The first-order valence-electron chi connectivity index (χ1n) is 7.66. The number of nitrogens with zero attached hydrogens (tertiary/aromatic N) is 5. The third-order valence-corrected chi connectivity index (χ3v) is 3.98. The Bertz CT molecular complexity index is 848. The maximum absolute atomic E-state index is 12.6. The summed E-state index contributed by atoms with van der Waals surface area (Å²) in [4.78, 5) is 0. The number of benzene rings is 1. The van der Waals surface area contributed by atoms with Gasteiger partial charge < -0.3 is 5.73 Å². The molecule has 3 rings (SSSR count). The molecular formula is C16H17F3N6. The van der Waals surface area contributed by atoms with E-state index in [9.17, 15) is 13.2 Å². The molecule has 0 unspecified atom stereocenters. The molecule has 2 aromatic heterocycles. The van der Waals surface area contributed by atoms with Crippen molar-refractivity contribution in [2.45, 2.75) is 25.7 Å². The van der Waals surface area contributed by atoms with Crippen molar-refractivity contribution < 1.29 is 13.2 Å². The van der Waals surface area contributed by atoms with Crippen LogP contribution in [0, 0.1) is 0 Å². The highest BCUT2D eigenvalue weighted by Gasteiger charge is 2.29. The van der Waals surface area contributed by atoms with Crippen molar-refractivity contribution in [3.8, 4) is 11.3 Å². The highest BCUT2D eigenvalue weighted by atomic mass is 19.4. The molecule has 0 aliphatic carbocycles. The molecule has 9 heteroatoms. The molecule has 132 valence electrons. The Morgan fingerprint density at radius 3 is 2.52 bits per heavy atom. The molecule has 1 aromatic carbocycles. The molecule has 3 aromatic rings. The molecule has 0 radical (unpaired) electrons. The fraction of sp³-hybridized carbons (Fsp3) is 0.312. The monoisotopic (exact) mass is 350 g/mol. The number of halogens is 3. The Balaban J connectivity index is 1.68. The number of hydrogen-bond donors (Lipinski definition) is 1. The van der Waals surface area contributed by atoms with Gasteiger partial charge in [0.2, 0.25) is 0 Å². The molecule has 0 fully saturated rings. The highest BCUT2D eigenvalue weighted by molar-refractivity contribution is 5.59. The maximum atomic E-state index is 12.6. The van der Waals surface area contributed by atoms with E-state index in [0.717, 1.165) is 29.0 Å². The maximum Gasteiger partial charge on any atom is 0.416 e. The minimum absolute atomic E-state index is 0.338. The molecule has 0 atom stereocenters. The first kappa shape index (κ1) is 17.2. The smallest absolute Gasteiger partial charge is 0.325 e. The molecule has 6 nitrogen and oxygen atoms in total. The van der Waals surface area contributed by atoms with Crippen LogP contribution in [0.1, 0.15) is 16.8 Å². The van der Waals surface area contributed by atoms with Crippen molar-refractivity contribution in [2.24, 2.45) is 12.8 Å². The molecule has 0 spiro atoms. The van der Waals surface area contributed by atoms with Crippen LogP contribution in [-0.4, -0.2) is 24.8 Å². The lowest BCUT2D eigenvalue weighted by Crippen LogP contribution is -2.06. The predicted molar refractivity (Wildman–Crippen MR) is 85.3 cm³/mol. The van der Waals surface area contributed by atoms with Gasteiger partial charge in [-0.2, -0.15) is 18.3 Å². The van der Waals surface area contributed by atoms with Crippen LogP contribution in [0.2, 0.25) is 0 Å². The lowest BCUT2D eigenvalue weighted by atomic mass is 10.1. The topological polar surface area (TPSA) is 74.5 Å². The van der Waals surface area contributed by atoms with Crippen LogP contribution in [0.25, 0.3) is 11.3 Å². The molecular weight excluding hydrogens is 333 g/mol. The van der Waals surface area contributed by atoms with Crippen molar-refractivity contribution in [1.29, 1.82) is 0 Å². The van der Waals surface area contributed by atoms with Crippen LogP contribution in [0.5, 0.6) is 0 Å². The third-order valence-electron chi connectivity index (χ3n) is 3.98. The van der Waals surface area contributed by atoms with Crippen molar-refractivity contribution in [3.63, 3.8) is 0 Å². The van der Waals surface area contributed by atoms with E-state index in [2.05, 4.69) is 15.4 Å². The standard InChI is InChI=1S/C16H17F3N6/c1-24-15(8-20)13(9-21-24)14-10-25(23-22-14)7-6-11-2-4-12(5-3-11)16(17,18)19/h2-5,9-10H,6-8,20H2,1H3. The van der Waals surface area contributed by atoms with E-state index in [0.29, 0.717) is 25.2 Å². The van der Waals surface area contributed by atoms with E-state index in [1.807, 2.05) is 0 Å². The molecule has 0 saturated heterocycles. The van der Waals surface area contributed by atoms with Crippen molar-refractivity contribution in [1.82, 2.24) is 24.8 Å². The quantitative estimate of drug-likeness (QED) is 0.767. The van der Waals surface area contributed by atoms with Crippen LogP contribution in [0.15, 0.2) is 36.7 Å². The van der Waals surface area contributed by atoms with E-state index in [4.69, 9.17) is 5.73 Å². The summed E-state index contributed by atoms with van der Waals surface area (Å²) in [6.45, 7) is 0.848. The largest absolute Gasteiger partial charge is 0.416 e. The SMILES string of the molecule is Cn1ncc(-c2cn(CCc3ccc(C(F)(F)F)cc3)nn2)c1CN. The Morgan fingerprint density at radius 1 is 1.16 bits per heavy atom. The lowest BCUT2D eigenvalue weighted by Gasteiger charge is -2.07. The first-order valence-corrected chi connectivity index (χ1v) is 7.66. The van der Waals surface area contributed by atoms with Gasteiger partial charge in [-0.25, -0.2) is 0 Å². The second kappa shape index (κ2) is 6.67. The first-order chi connectivity index (χ1) is 11.9. The number of aryl methyl sites for hydroxylation is 3. The molecule has 0 saturated carbocycles. The zero-order valence-corrected chi connectivity index (χ0v) is 13.5. The minimum Gasteiger partial charge on any atom is -0.325 e. The van der Waals surface area contributed by atoms with Crippen LogP contribution >= 0.6 is 0 Å². The van der Waals surface area contributed by atoms with Gasteiger partial charge in [-0.3, -0.25) is 9.36 Å². The van der Waals surface area contributed by atoms with Crippen molar-refractivity contribution >= 4 is 0 Å². The summed E-state index contributed by atoms with van der Waals surface area (Å²) < 4.78 is 41.0. The number of nitrogens with two attached hydrogens (primary N) is 1. The second-order valence-electron chi connectivity index (χ2n) is 5.64. The van der Waals surface area contributed by atoms with E-state index in [-0.39, 0.29) is 0 Å². The summed E-state index contributed by atoms with van der Waals surface area (Å²) in [5, 5.41) is 12.3. The molecule has 2 N–H and O–H groups in total. The summed E-state index contributed by atoms with van der Waals surface area (Å²) in [7, 11) is 1.81. The second-order valence-corrected chi connectivity index (χ2v) is 5.64. The van der Waals surface area contributed by atoms with Gasteiger partial charge in [-0.1, -0.05) is 17.3 Å². The number of alkyl halides is 3. The summed E-state index contributed by atoms with van der Waals surface area (Å²) in [5.74, 6) is 0. The normalized spacial score (nSPS) is 11.9. The van der Waals surface area contributed by atoms with E-state index >= 15 is 0 Å². The van der Waals surface area contributed by atoms with Crippen LogP contribution in [0.3, 0.4) is 0 Å². The average Bonchev–Trinajstić information content (AvgIpc) is 3.18. The van der Waals surface area contributed by atoms with Gasteiger partial charge in [0.05, 0.1) is 23.7 Å². The van der Waals surface area contributed by atoms with Gasteiger partial charge in [-0.05, 0) is 24.1 Å². The Hall–Kier alpha value is -2.68. The Morgan fingerprint density at radius 2 is 1.88 bits per heavy atom. The zero-order valence-electron chi connectivity index (χ0n) is 13.5. The summed E-state index contributed by atoms with van der Waals surface area (Å²) in [6.07, 6.45) is -0.297. The van der Waals surface area contributed by atoms with E-state index < -0.39 is 11.7 Å². The Kier molecular flexibility index (Phi) is 4.58. The number of aromatic nitrogens is 5. The number of hydrogen-bond acceptors (Lipinski definition) is 4. The molecule has 0 aliphatic heterocycles. The van der Waals surface area contributed by atoms with Crippen molar-refractivity contribution in [3.05, 3.63) is 53.5 Å².